The molecule has 1 atom stereocenters. The molecule has 3 aromatic rings. The number of carboxylic acids is 1. The van der Waals surface area contributed by atoms with E-state index in [1.54, 1.807) is 18.2 Å². The second-order valence-electron chi connectivity index (χ2n) is 8.85. The Hall–Kier alpha value is -3.02. The van der Waals surface area contributed by atoms with E-state index in [2.05, 4.69) is 0 Å². The number of aliphatic carboxylic acids is 1. The van der Waals surface area contributed by atoms with Crippen molar-refractivity contribution in [3.05, 3.63) is 99.0 Å². The number of amides is 1. The van der Waals surface area contributed by atoms with Gasteiger partial charge in [-0.3, -0.25) is 9.59 Å². The minimum absolute atomic E-state index is 0.271. The molecule has 0 unspecified atom stereocenters. The summed E-state index contributed by atoms with van der Waals surface area (Å²) in [4.78, 5) is 26.0. The third-order valence-corrected chi connectivity index (χ3v) is 6.38. The Labute approximate surface area is 208 Å². The van der Waals surface area contributed by atoms with Crippen LogP contribution >= 0.6 is 23.2 Å². The predicted octanol–water partition coefficient (Wildman–Crippen LogP) is 5.70. The standard InChI is InChI=1S/C27H25Cl2NO4/c1-27(15-19-5-8-22(28)9-6-19)16-21-14-20(7-10-24(21)34-27)26(33)30(17-25(31)32)12-11-18-3-2-4-23(29)13-18/h2-10,13-14H,11-12,15-17H2,1H3,(H,31,32)/t27-/m0/s1. The van der Waals surface area contributed by atoms with Crippen LogP contribution in [0.5, 0.6) is 5.75 Å². The van der Waals surface area contributed by atoms with Gasteiger partial charge in [-0.2, -0.15) is 0 Å². The summed E-state index contributed by atoms with van der Waals surface area (Å²) in [5, 5.41) is 10.7. The fourth-order valence-electron chi connectivity index (χ4n) is 4.34. The van der Waals surface area contributed by atoms with Gasteiger partial charge in [0.1, 0.15) is 17.9 Å². The first-order valence-electron chi connectivity index (χ1n) is 11.0. The van der Waals surface area contributed by atoms with Crippen molar-refractivity contribution in [2.75, 3.05) is 13.1 Å². The van der Waals surface area contributed by atoms with E-state index in [4.69, 9.17) is 27.9 Å². The summed E-state index contributed by atoms with van der Waals surface area (Å²) in [5.41, 5.74) is 3.00. The normalized spacial score (nSPS) is 16.6. The van der Waals surface area contributed by atoms with E-state index in [1.165, 1.54) is 4.90 Å². The van der Waals surface area contributed by atoms with Gasteiger partial charge in [0.2, 0.25) is 0 Å². The van der Waals surface area contributed by atoms with E-state index in [1.807, 2.05) is 55.5 Å². The molecule has 1 aliphatic rings. The van der Waals surface area contributed by atoms with Gasteiger partial charge in [-0.05, 0) is 72.5 Å². The largest absolute Gasteiger partial charge is 0.487 e. The van der Waals surface area contributed by atoms with Crippen molar-refractivity contribution in [2.24, 2.45) is 0 Å². The molecule has 0 saturated carbocycles. The summed E-state index contributed by atoms with van der Waals surface area (Å²) in [5.74, 6) is -0.630. The molecule has 3 aromatic carbocycles. The molecule has 0 radical (unpaired) electrons. The predicted molar refractivity (Wildman–Crippen MR) is 133 cm³/mol. The average Bonchev–Trinajstić information content (AvgIpc) is 3.12. The van der Waals surface area contributed by atoms with Crippen molar-refractivity contribution in [2.45, 2.75) is 31.8 Å². The monoisotopic (exact) mass is 497 g/mol. The van der Waals surface area contributed by atoms with E-state index >= 15 is 0 Å². The number of benzene rings is 3. The molecule has 7 heteroatoms. The lowest BCUT2D eigenvalue weighted by atomic mass is 9.91. The maximum atomic E-state index is 13.2. The van der Waals surface area contributed by atoms with Crippen molar-refractivity contribution >= 4 is 35.1 Å². The topological polar surface area (TPSA) is 66.8 Å². The van der Waals surface area contributed by atoms with E-state index in [0.717, 1.165) is 22.4 Å². The summed E-state index contributed by atoms with van der Waals surface area (Å²) < 4.78 is 6.24. The fraction of sp³-hybridized carbons (Fsp3) is 0.259. The van der Waals surface area contributed by atoms with Crippen LogP contribution in [0.4, 0.5) is 0 Å². The van der Waals surface area contributed by atoms with Gasteiger partial charge >= 0.3 is 5.97 Å². The highest BCUT2D eigenvalue weighted by atomic mass is 35.5. The maximum absolute atomic E-state index is 13.2. The van der Waals surface area contributed by atoms with Gasteiger partial charge in [0.25, 0.3) is 5.91 Å². The minimum Gasteiger partial charge on any atom is -0.487 e. The van der Waals surface area contributed by atoms with E-state index in [-0.39, 0.29) is 19.0 Å². The Kier molecular flexibility index (Phi) is 7.15. The Bertz CT molecular complexity index is 1210. The zero-order valence-electron chi connectivity index (χ0n) is 18.8. The first kappa shape index (κ1) is 24.1. The van der Waals surface area contributed by atoms with E-state index in [9.17, 15) is 14.7 Å². The second-order valence-corrected chi connectivity index (χ2v) is 9.73. The Morgan fingerprint density at radius 2 is 1.76 bits per heavy atom. The van der Waals surface area contributed by atoms with Crippen molar-refractivity contribution in [3.8, 4) is 5.75 Å². The zero-order chi connectivity index (χ0) is 24.3. The lowest BCUT2D eigenvalue weighted by Gasteiger charge is -2.24. The summed E-state index contributed by atoms with van der Waals surface area (Å²) in [6.07, 6.45) is 1.85. The first-order chi connectivity index (χ1) is 16.2. The third kappa shape index (κ3) is 5.91. The van der Waals surface area contributed by atoms with Crippen molar-refractivity contribution in [1.29, 1.82) is 0 Å². The van der Waals surface area contributed by atoms with Gasteiger partial charge in [0.05, 0.1) is 0 Å². The molecule has 0 spiro atoms. The average molecular weight is 498 g/mol. The van der Waals surface area contributed by atoms with Crippen LogP contribution in [0.3, 0.4) is 0 Å². The molecule has 4 rings (SSSR count). The van der Waals surface area contributed by atoms with Gasteiger partial charge in [0.15, 0.2) is 0 Å². The summed E-state index contributed by atoms with van der Waals surface area (Å²) >= 11 is 12.0. The van der Waals surface area contributed by atoms with Crippen LogP contribution in [0.15, 0.2) is 66.7 Å². The number of ether oxygens (including phenoxy) is 1. The maximum Gasteiger partial charge on any atom is 0.323 e. The minimum atomic E-state index is -1.06. The number of nitrogens with zero attached hydrogens (tertiary/aromatic N) is 1. The Morgan fingerprint density at radius 1 is 1.00 bits per heavy atom. The van der Waals surface area contributed by atoms with Crippen LogP contribution in [0, 0.1) is 0 Å². The number of rotatable bonds is 8. The van der Waals surface area contributed by atoms with Crippen LogP contribution in [0.25, 0.3) is 0 Å². The van der Waals surface area contributed by atoms with E-state index in [0.29, 0.717) is 34.9 Å². The van der Waals surface area contributed by atoms with Crippen LogP contribution in [-0.4, -0.2) is 40.6 Å². The smallest absolute Gasteiger partial charge is 0.323 e. The molecule has 1 aliphatic heterocycles. The second kappa shape index (κ2) is 10.1. The van der Waals surface area contributed by atoms with Crippen molar-refractivity contribution in [3.63, 3.8) is 0 Å². The molecule has 0 fully saturated rings. The molecular weight excluding hydrogens is 473 g/mol. The highest BCUT2D eigenvalue weighted by molar-refractivity contribution is 6.30. The molecule has 1 heterocycles. The van der Waals surface area contributed by atoms with Crippen LogP contribution in [0.2, 0.25) is 10.0 Å². The van der Waals surface area contributed by atoms with Gasteiger partial charge in [-0.1, -0.05) is 47.5 Å². The number of carboxylic acid groups (broad SMARTS) is 1. The van der Waals surface area contributed by atoms with Gasteiger partial charge in [-0.15, -0.1) is 0 Å². The molecule has 0 aliphatic carbocycles. The van der Waals surface area contributed by atoms with Crippen LogP contribution in [-0.2, 0) is 24.1 Å². The Balaban J connectivity index is 1.48. The first-order valence-corrected chi connectivity index (χ1v) is 11.8. The third-order valence-electron chi connectivity index (χ3n) is 5.89. The molecule has 0 aromatic heterocycles. The molecule has 1 N–H and O–H groups in total. The molecule has 5 nitrogen and oxygen atoms in total. The fourth-order valence-corrected chi connectivity index (χ4v) is 4.68. The highest BCUT2D eigenvalue weighted by Crippen LogP contribution is 2.37. The van der Waals surface area contributed by atoms with Crippen LogP contribution < -0.4 is 4.74 Å². The number of carbonyl (C=O) groups excluding carboxylic acids is 1. The summed E-state index contributed by atoms with van der Waals surface area (Å²) in [6, 6.07) is 20.3. The molecule has 0 bridgehead atoms. The number of carbonyl (C=O) groups is 2. The lowest BCUT2D eigenvalue weighted by molar-refractivity contribution is -0.137. The number of fused-ring (bicyclic) bond motifs is 1. The van der Waals surface area contributed by atoms with Crippen LogP contribution in [0.1, 0.15) is 34.0 Å². The zero-order valence-corrected chi connectivity index (χ0v) is 20.3. The SMILES string of the molecule is C[C@]1(Cc2ccc(Cl)cc2)Cc2cc(C(=O)N(CCc3cccc(Cl)c3)CC(=O)O)ccc2O1. The van der Waals surface area contributed by atoms with E-state index < -0.39 is 11.6 Å². The number of hydrogen-bond donors (Lipinski definition) is 1. The van der Waals surface area contributed by atoms with Gasteiger partial charge in [0, 0.05) is 35.0 Å². The lowest BCUT2D eigenvalue weighted by Crippen LogP contribution is -2.37. The molecule has 0 saturated heterocycles. The van der Waals surface area contributed by atoms with Crippen molar-refractivity contribution in [1.82, 2.24) is 4.90 Å². The summed E-state index contributed by atoms with van der Waals surface area (Å²) in [6.45, 7) is 1.94. The van der Waals surface area contributed by atoms with Gasteiger partial charge < -0.3 is 14.7 Å². The summed E-state index contributed by atoms with van der Waals surface area (Å²) in [7, 11) is 0. The highest BCUT2D eigenvalue weighted by Gasteiger charge is 2.35. The molecule has 34 heavy (non-hydrogen) atoms. The Morgan fingerprint density at radius 3 is 2.47 bits per heavy atom. The van der Waals surface area contributed by atoms with Gasteiger partial charge in [-0.25, -0.2) is 0 Å². The quantitative estimate of drug-likeness (QED) is 0.433. The molecule has 1 amide bonds. The van der Waals surface area contributed by atoms with Crippen molar-refractivity contribution < 1.29 is 19.4 Å². The molecule has 176 valence electrons. The number of hydrogen-bond acceptors (Lipinski definition) is 3. The number of halogens is 2. The molecular formula is C27H25Cl2NO4.